The first-order valence-corrected chi connectivity index (χ1v) is 8.17. The van der Waals surface area contributed by atoms with Crippen LogP contribution in [0.3, 0.4) is 0 Å². The van der Waals surface area contributed by atoms with E-state index in [1.165, 1.54) is 0 Å². The highest BCUT2D eigenvalue weighted by Gasteiger charge is 2.30. The van der Waals surface area contributed by atoms with Gasteiger partial charge in [0.2, 0.25) is 11.8 Å². The Labute approximate surface area is 149 Å². The molecule has 0 saturated carbocycles. The van der Waals surface area contributed by atoms with Gasteiger partial charge in [0.05, 0.1) is 6.20 Å². The van der Waals surface area contributed by atoms with Gasteiger partial charge in [-0.25, -0.2) is 0 Å². The average molecular weight is 358 g/mol. The molecular formula is C16H28ClN5O2. The number of nitrogens with zero attached hydrogens (tertiary/aromatic N) is 3. The minimum atomic E-state index is -0.400. The second-order valence-electron chi connectivity index (χ2n) is 6.46. The minimum absolute atomic E-state index is 0. The quantitative estimate of drug-likeness (QED) is 0.819. The van der Waals surface area contributed by atoms with Crippen LogP contribution in [0.15, 0.2) is 12.4 Å². The number of piperidine rings is 1. The van der Waals surface area contributed by atoms with Crippen LogP contribution in [0.25, 0.3) is 0 Å². The lowest BCUT2D eigenvalue weighted by Crippen LogP contribution is -2.52. The lowest BCUT2D eigenvalue weighted by Gasteiger charge is -2.35. The summed E-state index contributed by atoms with van der Waals surface area (Å²) in [7, 11) is 3.61. The molecule has 0 aromatic carbocycles. The molecule has 1 aromatic rings. The average Bonchev–Trinajstić information content (AvgIpc) is 2.94. The predicted octanol–water partition coefficient (Wildman–Crippen LogP) is 0.866. The number of halogens is 1. The highest BCUT2D eigenvalue weighted by molar-refractivity contribution is 5.85. The molecule has 1 aromatic heterocycles. The maximum absolute atomic E-state index is 12.8. The zero-order valence-electron chi connectivity index (χ0n) is 14.8. The molecule has 0 spiro atoms. The number of hydrogen-bond acceptors (Lipinski definition) is 4. The van der Waals surface area contributed by atoms with E-state index in [1.54, 1.807) is 17.9 Å². The van der Waals surface area contributed by atoms with Crippen LogP contribution in [-0.4, -0.2) is 52.7 Å². The van der Waals surface area contributed by atoms with E-state index in [-0.39, 0.29) is 36.2 Å². The zero-order chi connectivity index (χ0) is 17.0. The SMILES string of the molecule is CNC(C(=O)N1CCCC(NC(=O)C(C)C)C1)c1cnn(C)c1.Cl. The molecule has 7 nitrogen and oxygen atoms in total. The molecule has 0 radical (unpaired) electrons. The molecule has 2 rings (SSSR count). The molecule has 2 unspecified atom stereocenters. The maximum Gasteiger partial charge on any atom is 0.244 e. The smallest absolute Gasteiger partial charge is 0.244 e. The highest BCUT2D eigenvalue weighted by atomic mass is 35.5. The van der Waals surface area contributed by atoms with Gasteiger partial charge in [-0.15, -0.1) is 12.4 Å². The molecule has 1 aliphatic rings. The molecule has 0 bridgehead atoms. The van der Waals surface area contributed by atoms with E-state index < -0.39 is 6.04 Å². The van der Waals surface area contributed by atoms with Crippen molar-refractivity contribution in [1.82, 2.24) is 25.3 Å². The van der Waals surface area contributed by atoms with Crippen molar-refractivity contribution in [2.75, 3.05) is 20.1 Å². The molecule has 2 heterocycles. The summed E-state index contributed by atoms with van der Waals surface area (Å²) in [6, 6.07) is -0.364. The lowest BCUT2D eigenvalue weighted by molar-refractivity contribution is -0.136. The fourth-order valence-corrected chi connectivity index (χ4v) is 2.87. The summed E-state index contributed by atoms with van der Waals surface area (Å²) < 4.78 is 1.69. The van der Waals surface area contributed by atoms with E-state index in [0.29, 0.717) is 6.54 Å². The standard InChI is InChI=1S/C16H27N5O2.ClH/c1-11(2)15(22)19-13-6-5-7-21(10-13)16(23)14(17-3)12-8-18-20(4)9-12;/h8-9,11,13-14,17H,5-7,10H2,1-4H3,(H,19,22);1H. The number of likely N-dealkylation sites (tertiary alicyclic amines) is 1. The van der Waals surface area contributed by atoms with Crippen LogP contribution >= 0.6 is 12.4 Å². The number of rotatable bonds is 5. The number of hydrogen-bond donors (Lipinski definition) is 2. The number of amides is 2. The number of aryl methyl sites for hydroxylation is 1. The van der Waals surface area contributed by atoms with E-state index in [0.717, 1.165) is 24.9 Å². The summed E-state index contributed by atoms with van der Waals surface area (Å²) in [6.45, 7) is 5.04. The molecule has 0 aliphatic carbocycles. The minimum Gasteiger partial charge on any atom is -0.351 e. The Morgan fingerprint density at radius 3 is 2.62 bits per heavy atom. The summed E-state index contributed by atoms with van der Waals surface area (Å²) in [5, 5.41) is 10.2. The summed E-state index contributed by atoms with van der Waals surface area (Å²) in [4.78, 5) is 26.5. The normalized spacial score (nSPS) is 18.9. The number of aromatic nitrogens is 2. The predicted molar refractivity (Wildman–Crippen MR) is 94.8 cm³/mol. The van der Waals surface area contributed by atoms with Crippen molar-refractivity contribution < 1.29 is 9.59 Å². The van der Waals surface area contributed by atoms with E-state index in [2.05, 4.69) is 15.7 Å². The fraction of sp³-hybridized carbons (Fsp3) is 0.688. The Morgan fingerprint density at radius 2 is 2.08 bits per heavy atom. The summed E-state index contributed by atoms with van der Waals surface area (Å²) >= 11 is 0. The lowest BCUT2D eigenvalue weighted by atomic mass is 10.0. The first-order valence-electron chi connectivity index (χ1n) is 8.17. The van der Waals surface area contributed by atoms with Crippen LogP contribution in [0.5, 0.6) is 0 Å². The van der Waals surface area contributed by atoms with Gasteiger partial charge in [-0.05, 0) is 19.9 Å². The van der Waals surface area contributed by atoms with Crippen molar-refractivity contribution in [3.8, 4) is 0 Å². The topological polar surface area (TPSA) is 79.3 Å². The molecule has 2 atom stereocenters. The van der Waals surface area contributed by atoms with Crippen LogP contribution in [0, 0.1) is 5.92 Å². The van der Waals surface area contributed by atoms with E-state index in [9.17, 15) is 9.59 Å². The number of carbonyl (C=O) groups is 2. The van der Waals surface area contributed by atoms with Crippen molar-refractivity contribution >= 4 is 24.2 Å². The van der Waals surface area contributed by atoms with Crippen molar-refractivity contribution in [2.45, 2.75) is 38.8 Å². The van der Waals surface area contributed by atoms with Crippen LogP contribution in [0.4, 0.5) is 0 Å². The van der Waals surface area contributed by atoms with Crippen LogP contribution in [0.2, 0.25) is 0 Å². The first kappa shape index (κ1) is 20.4. The van der Waals surface area contributed by atoms with E-state index in [1.807, 2.05) is 32.0 Å². The van der Waals surface area contributed by atoms with Crippen molar-refractivity contribution in [3.63, 3.8) is 0 Å². The first-order chi connectivity index (χ1) is 10.9. The van der Waals surface area contributed by atoms with Crippen LogP contribution < -0.4 is 10.6 Å². The maximum atomic E-state index is 12.8. The van der Waals surface area contributed by atoms with Gasteiger partial charge in [-0.2, -0.15) is 5.10 Å². The van der Waals surface area contributed by atoms with Gasteiger partial charge < -0.3 is 15.5 Å². The van der Waals surface area contributed by atoms with E-state index in [4.69, 9.17) is 0 Å². The molecule has 2 N–H and O–H groups in total. The Bertz CT molecular complexity index is 560. The Balaban J connectivity index is 0.00000288. The van der Waals surface area contributed by atoms with Crippen molar-refractivity contribution in [2.24, 2.45) is 13.0 Å². The molecule has 1 saturated heterocycles. The molecule has 24 heavy (non-hydrogen) atoms. The monoisotopic (exact) mass is 357 g/mol. The highest BCUT2D eigenvalue weighted by Crippen LogP contribution is 2.19. The number of nitrogens with one attached hydrogen (secondary N) is 2. The zero-order valence-corrected chi connectivity index (χ0v) is 15.6. The molecule has 2 amide bonds. The van der Waals surface area contributed by atoms with Gasteiger partial charge in [0.25, 0.3) is 0 Å². The van der Waals surface area contributed by atoms with E-state index >= 15 is 0 Å². The Morgan fingerprint density at radius 1 is 1.38 bits per heavy atom. The summed E-state index contributed by atoms with van der Waals surface area (Å²) in [6.07, 6.45) is 5.37. The van der Waals surface area contributed by atoms with Crippen molar-refractivity contribution in [1.29, 1.82) is 0 Å². The summed E-state index contributed by atoms with van der Waals surface area (Å²) in [5.74, 6) is 0.0345. The van der Waals surface area contributed by atoms with Gasteiger partial charge in [-0.1, -0.05) is 13.8 Å². The van der Waals surface area contributed by atoms with Crippen LogP contribution in [0.1, 0.15) is 38.3 Å². The molecule has 136 valence electrons. The van der Waals surface area contributed by atoms with Gasteiger partial charge in [-0.3, -0.25) is 14.3 Å². The second-order valence-corrected chi connectivity index (χ2v) is 6.46. The fourth-order valence-electron chi connectivity index (χ4n) is 2.87. The molecule has 1 fully saturated rings. The number of likely N-dealkylation sites (N-methyl/N-ethyl adjacent to an activating group) is 1. The van der Waals surface area contributed by atoms with Gasteiger partial charge >= 0.3 is 0 Å². The summed E-state index contributed by atoms with van der Waals surface area (Å²) in [5.41, 5.74) is 0.855. The third-order valence-electron chi connectivity index (χ3n) is 4.20. The van der Waals surface area contributed by atoms with Gasteiger partial charge in [0.1, 0.15) is 6.04 Å². The molecule has 8 heteroatoms. The van der Waals surface area contributed by atoms with Gasteiger partial charge in [0.15, 0.2) is 0 Å². The Kier molecular flexibility index (Phi) is 7.69. The second kappa shape index (κ2) is 9.03. The third-order valence-corrected chi connectivity index (χ3v) is 4.20. The third kappa shape index (κ3) is 4.95. The number of carbonyl (C=O) groups excluding carboxylic acids is 2. The molecular weight excluding hydrogens is 330 g/mol. The van der Waals surface area contributed by atoms with Crippen LogP contribution in [-0.2, 0) is 16.6 Å². The largest absolute Gasteiger partial charge is 0.351 e. The Hall–Kier alpha value is -1.60. The van der Waals surface area contributed by atoms with Crippen molar-refractivity contribution in [3.05, 3.63) is 18.0 Å². The van der Waals surface area contributed by atoms with Gasteiger partial charge in [0, 0.05) is 43.9 Å². The molecule has 1 aliphatic heterocycles.